The first-order valence-electron chi connectivity index (χ1n) is 6.36. The molecule has 1 aromatic rings. The summed E-state index contributed by atoms with van der Waals surface area (Å²) in [7, 11) is 1.61. The third kappa shape index (κ3) is 2.72. The molecule has 1 fully saturated rings. The lowest BCUT2D eigenvalue weighted by atomic mass is 10.2. The number of nitrogens with zero attached hydrogens (tertiary/aromatic N) is 4. The zero-order chi connectivity index (χ0) is 14.7. The van der Waals surface area contributed by atoms with Crippen LogP contribution in [0.15, 0.2) is 6.20 Å². The van der Waals surface area contributed by atoms with Crippen molar-refractivity contribution < 1.29 is 14.5 Å². The molecule has 9 heteroatoms. The van der Waals surface area contributed by atoms with Crippen molar-refractivity contribution in [1.82, 2.24) is 15.1 Å². The van der Waals surface area contributed by atoms with Crippen LogP contribution in [0.25, 0.3) is 0 Å². The number of anilines is 1. The minimum Gasteiger partial charge on any atom is -0.464 e. The predicted octanol–water partition coefficient (Wildman–Crippen LogP) is -0.330. The maximum absolute atomic E-state index is 12.0. The molecule has 1 aromatic heterocycles. The van der Waals surface area contributed by atoms with Gasteiger partial charge in [0.1, 0.15) is 12.2 Å². The van der Waals surface area contributed by atoms with E-state index < -0.39 is 16.9 Å². The van der Waals surface area contributed by atoms with E-state index in [2.05, 4.69) is 10.4 Å². The van der Waals surface area contributed by atoms with Crippen LogP contribution < -0.4 is 10.2 Å². The molecule has 0 saturated carbocycles. The van der Waals surface area contributed by atoms with Gasteiger partial charge in [-0.25, -0.2) is 4.79 Å². The molecule has 1 unspecified atom stereocenters. The summed E-state index contributed by atoms with van der Waals surface area (Å²) in [5.41, 5.74) is -0.108. The summed E-state index contributed by atoms with van der Waals surface area (Å²) in [5, 5.41) is 18.3. The number of piperazine rings is 1. The minimum absolute atomic E-state index is 0.108. The summed E-state index contributed by atoms with van der Waals surface area (Å²) in [6, 6.07) is -0.600. The zero-order valence-electron chi connectivity index (χ0n) is 11.4. The SMILES string of the molecule is CCOC(=O)C1CNCCN1c1nn(C)cc1[N+](=O)[O-]. The molecule has 0 amide bonds. The van der Waals surface area contributed by atoms with Gasteiger partial charge in [-0.3, -0.25) is 14.8 Å². The fraction of sp³-hybridized carbons (Fsp3) is 0.636. The Morgan fingerprint density at radius 3 is 3.10 bits per heavy atom. The highest BCUT2D eigenvalue weighted by Gasteiger charge is 2.35. The number of hydrogen-bond acceptors (Lipinski definition) is 7. The lowest BCUT2D eigenvalue weighted by molar-refractivity contribution is -0.384. The van der Waals surface area contributed by atoms with Gasteiger partial charge in [-0.15, -0.1) is 5.10 Å². The van der Waals surface area contributed by atoms with Gasteiger partial charge in [-0.05, 0) is 6.92 Å². The third-order valence-electron chi connectivity index (χ3n) is 3.06. The molecule has 1 aliphatic heterocycles. The van der Waals surface area contributed by atoms with Crippen molar-refractivity contribution in [3.63, 3.8) is 0 Å². The highest BCUT2D eigenvalue weighted by Crippen LogP contribution is 2.28. The zero-order valence-corrected chi connectivity index (χ0v) is 11.4. The summed E-state index contributed by atoms with van der Waals surface area (Å²) in [5.74, 6) is -0.197. The van der Waals surface area contributed by atoms with E-state index >= 15 is 0 Å². The van der Waals surface area contributed by atoms with Crippen molar-refractivity contribution in [3.8, 4) is 0 Å². The smallest absolute Gasteiger partial charge is 0.330 e. The third-order valence-corrected chi connectivity index (χ3v) is 3.06. The Kier molecular flexibility index (Phi) is 4.18. The Morgan fingerprint density at radius 1 is 1.70 bits per heavy atom. The van der Waals surface area contributed by atoms with E-state index in [1.54, 1.807) is 18.9 Å². The molecule has 0 bridgehead atoms. The number of aryl methyl sites for hydroxylation is 1. The molecule has 1 N–H and O–H groups in total. The van der Waals surface area contributed by atoms with Crippen molar-refractivity contribution in [3.05, 3.63) is 16.3 Å². The Morgan fingerprint density at radius 2 is 2.45 bits per heavy atom. The standard InChI is InChI=1S/C11H17N5O4/c1-3-20-11(17)8-6-12-4-5-15(8)10-9(16(18)19)7-14(2)13-10/h7-8,12H,3-6H2,1-2H3. The molecule has 1 saturated heterocycles. The normalized spacial score (nSPS) is 18.9. The van der Waals surface area contributed by atoms with Gasteiger partial charge in [0.2, 0.25) is 5.82 Å². The first-order chi connectivity index (χ1) is 9.54. The second-order valence-electron chi connectivity index (χ2n) is 4.43. The number of aromatic nitrogens is 2. The maximum Gasteiger partial charge on any atom is 0.330 e. The lowest BCUT2D eigenvalue weighted by Crippen LogP contribution is -2.56. The van der Waals surface area contributed by atoms with E-state index in [9.17, 15) is 14.9 Å². The summed E-state index contributed by atoms with van der Waals surface area (Å²) < 4.78 is 6.39. The molecule has 0 spiro atoms. The predicted molar refractivity (Wildman–Crippen MR) is 70.5 cm³/mol. The molecule has 2 heterocycles. The van der Waals surface area contributed by atoms with Crippen molar-refractivity contribution in [2.75, 3.05) is 31.1 Å². The number of hydrogen-bond donors (Lipinski definition) is 1. The van der Waals surface area contributed by atoms with Crippen LogP contribution >= 0.6 is 0 Å². The van der Waals surface area contributed by atoms with Crippen molar-refractivity contribution in [1.29, 1.82) is 0 Å². The molecule has 0 radical (unpaired) electrons. The van der Waals surface area contributed by atoms with Crippen LogP contribution in [0.5, 0.6) is 0 Å². The number of carbonyl (C=O) groups excluding carboxylic acids is 1. The molecule has 110 valence electrons. The van der Waals surface area contributed by atoms with Crippen LogP contribution in [0.2, 0.25) is 0 Å². The highest BCUT2D eigenvalue weighted by atomic mass is 16.6. The van der Waals surface area contributed by atoms with E-state index in [4.69, 9.17) is 4.74 Å². The number of carbonyl (C=O) groups is 1. The average Bonchev–Trinajstić information content (AvgIpc) is 2.81. The van der Waals surface area contributed by atoms with Crippen molar-refractivity contribution in [2.24, 2.45) is 7.05 Å². The summed E-state index contributed by atoms with van der Waals surface area (Å²) in [6.45, 7) is 3.47. The maximum atomic E-state index is 12.0. The summed E-state index contributed by atoms with van der Waals surface area (Å²) in [4.78, 5) is 24.2. The monoisotopic (exact) mass is 283 g/mol. The first kappa shape index (κ1) is 14.3. The molecule has 20 heavy (non-hydrogen) atoms. The van der Waals surface area contributed by atoms with E-state index in [1.165, 1.54) is 10.9 Å². The Hall–Kier alpha value is -2.16. The van der Waals surface area contributed by atoms with Crippen molar-refractivity contribution in [2.45, 2.75) is 13.0 Å². The summed E-state index contributed by atoms with van der Waals surface area (Å²) >= 11 is 0. The minimum atomic E-state index is -0.600. The van der Waals surface area contributed by atoms with E-state index in [0.29, 0.717) is 19.6 Å². The number of esters is 1. The molecule has 1 atom stereocenters. The molecule has 0 aromatic carbocycles. The van der Waals surface area contributed by atoms with E-state index in [-0.39, 0.29) is 18.1 Å². The number of rotatable bonds is 4. The van der Waals surface area contributed by atoms with Gasteiger partial charge in [0.05, 0.1) is 11.5 Å². The van der Waals surface area contributed by atoms with Gasteiger partial charge in [0.25, 0.3) is 0 Å². The molecule has 9 nitrogen and oxygen atoms in total. The number of nitrogens with one attached hydrogen (secondary N) is 1. The van der Waals surface area contributed by atoms with Crippen LogP contribution in [0.4, 0.5) is 11.5 Å². The molecule has 2 rings (SSSR count). The van der Waals surface area contributed by atoms with Crippen LogP contribution in [-0.4, -0.2) is 53.0 Å². The molecular weight excluding hydrogens is 266 g/mol. The second-order valence-corrected chi connectivity index (χ2v) is 4.43. The van der Waals surface area contributed by atoms with Gasteiger partial charge in [0.15, 0.2) is 0 Å². The number of ether oxygens (including phenoxy) is 1. The van der Waals surface area contributed by atoms with Gasteiger partial charge in [0, 0.05) is 26.7 Å². The average molecular weight is 283 g/mol. The van der Waals surface area contributed by atoms with Crippen LogP contribution in [0.1, 0.15) is 6.92 Å². The molecule has 0 aliphatic carbocycles. The fourth-order valence-corrected chi connectivity index (χ4v) is 2.20. The Balaban J connectivity index is 2.32. The van der Waals surface area contributed by atoms with Gasteiger partial charge < -0.3 is 15.0 Å². The Labute approximate surface area is 115 Å². The lowest BCUT2D eigenvalue weighted by Gasteiger charge is -2.34. The first-order valence-corrected chi connectivity index (χ1v) is 6.36. The van der Waals surface area contributed by atoms with Gasteiger partial charge >= 0.3 is 11.7 Å². The van der Waals surface area contributed by atoms with E-state index in [0.717, 1.165) is 0 Å². The van der Waals surface area contributed by atoms with Gasteiger partial charge in [-0.1, -0.05) is 0 Å². The van der Waals surface area contributed by atoms with E-state index in [1.807, 2.05) is 0 Å². The van der Waals surface area contributed by atoms with Crippen molar-refractivity contribution >= 4 is 17.5 Å². The Bertz CT molecular complexity index is 515. The molecular formula is C11H17N5O4. The number of nitro groups is 1. The van der Waals surface area contributed by atoms with Crippen LogP contribution in [-0.2, 0) is 16.6 Å². The second kappa shape index (κ2) is 5.87. The molecule has 1 aliphatic rings. The van der Waals surface area contributed by atoms with Gasteiger partial charge in [-0.2, -0.15) is 0 Å². The fourth-order valence-electron chi connectivity index (χ4n) is 2.20. The topological polar surface area (TPSA) is 103 Å². The van der Waals surface area contributed by atoms with Crippen LogP contribution in [0.3, 0.4) is 0 Å². The summed E-state index contributed by atoms with van der Waals surface area (Å²) in [6.07, 6.45) is 1.33. The van der Waals surface area contributed by atoms with Crippen LogP contribution in [0, 0.1) is 10.1 Å². The quantitative estimate of drug-likeness (QED) is 0.458. The highest BCUT2D eigenvalue weighted by molar-refractivity contribution is 5.81. The largest absolute Gasteiger partial charge is 0.464 e.